The van der Waals surface area contributed by atoms with Gasteiger partial charge in [-0.15, -0.1) is 21.5 Å². The van der Waals surface area contributed by atoms with Crippen LogP contribution in [-0.4, -0.2) is 161 Å². The van der Waals surface area contributed by atoms with E-state index in [0.29, 0.717) is 79.7 Å². The number of hydrogen-bond acceptors (Lipinski definition) is 17. The predicted molar refractivity (Wildman–Crippen MR) is 299 cm³/mol. The van der Waals surface area contributed by atoms with E-state index in [-0.39, 0.29) is 62.7 Å². The summed E-state index contributed by atoms with van der Waals surface area (Å²) in [6, 6.07) is 13.1. The molecule has 0 spiro atoms. The van der Waals surface area contributed by atoms with Crippen LogP contribution in [0.15, 0.2) is 60.4 Å². The molecule has 5 aromatic heterocycles. The van der Waals surface area contributed by atoms with Gasteiger partial charge in [-0.3, -0.25) is 29.0 Å². The second-order valence-corrected chi connectivity index (χ2v) is 24.2. The van der Waals surface area contributed by atoms with Crippen molar-refractivity contribution < 1.29 is 38.2 Å². The molecule has 6 aromatic rings. The Balaban J connectivity index is 0.728. The zero-order valence-corrected chi connectivity index (χ0v) is 47.2. The number of benzene rings is 1. The average Bonchev–Trinajstić information content (AvgIpc) is 3.93. The molecule has 5 amide bonds. The number of piperazine rings is 1. The highest BCUT2D eigenvalue weighted by Gasteiger charge is 2.53. The van der Waals surface area contributed by atoms with Crippen LogP contribution in [0.4, 0.5) is 15.2 Å². The van der Waals surface area contributed by atoms with Crippen LogP contribution in [0.5, 0.6) is 5.75 Å². The maximum atomic E-state index is 14.7. The number of anilines is 2. The van der Waals surface area contributed by atoms with E-state index in [2.05, 4.69) is 61.0 Å². The van der Waals surface area contributed by atoms with Crippen molar-refractivity contribution in [2.75, 3.05) is 62.6 Å². The zero-order chi connectivity index (χ0) is 56.6. The number of aromatic nitrogens is 6. The van der Waals surface area contributed by atoms with E-state index < -0.39 is 47.0 Å². The fourth-order valence-electron chi connectivity index (χ4n) is 10.5. The van der Waals surface area contributed by atoms with Gasteiger partial charge in [0.15, 0.2) is 17.3 Å². The Kier molecular flexibility index (Phi) is 15.9. The Hall–Kier alpha value is -7.62. The lowest BCUT2D eigenvalue weighted by Gasteiger charge is -2.38. The van der Waals surface area contributed by atoms with Gasteiger partial charge in [0.05, 0.1) is 56.4 Å². The van der Waals surface area contributed by atoms with Crippen molar-refractivity contribution in [3.63, 3.8) is 0 Å². The van der Waals surface area contributed by atoms with E-state index in [0.717, 1.165) is 43.7 Å². The predicted octanol–water partition coefficient (Wildman–Crippen LogP) is 5.62. The number of thiazole rings is 1. The van der Waals surface area contributed by atoms with Crippen molar-refractivity contribution in [2.24, 2.45) is 11.3 Å². The number of β-amino-alcohol motifs (C(OH)–C–C–N with tert-alkyl or cyclic N) is 1. The molecule has 1 saturated carbocycles. The summed E-state index contributed by atoms with van der Waals surface area (Å²) in [4.78, 5) is 85.6. The summed E-state index contributed by atoms with van der Waals surface area (Å²) in [5.74, 6) is -2.01. The number of amides is 5. The van der Waals surface area contributed by atoms with Gasteiger partial charge in [-0.1, -0.05) is 44.2 Å². The number of nitrogens with one attached hydrogen (secondary N) is 3. The van der Waals surface area contributed by atoms with E-state index in [4.69, 9.17) is 9.72 Å². The van der Waals surface area contributed by atoms with Crippen molar-refractivity contribution in [1.29, 1.82) is 5.26 Å². The molecule has 24 heteroatoms. The number of aryl methyl sites for hydroxylation is 1. The number of aliphatic hydroxyl groups is 1. The lowest BCUT2D eigenvalue weighted by Crippen LogP contribution is -2.59. The summed E-state index contributed by atoms with van der Waals surface area (Å²) in [7, 11) is 0. The van der Waals surface area contributed by atoms with Crippen LogP contribution >= 0.6 is 22.7 Å². The zero-order valence-electron chi connectivity index (χ0n) is 45.6. The maximum Gasteiger partial charge on any atom is 0.260 e. The maximum absolute atomic E-state index is 14.7. The molecule has 3 aliphatic heterocycles. The van der Waals surface area contributed by atoms with Crippen molar-refractivity contribution in [3.05, 3.63) is 77.2 Å². The molecule has 0 bridgehead atoms. The van der Waals surface area contributed by atoms with Gasteiger partial charge >= 0.3 is 0 Å². The molecule has 80 heavy (non-hydrogen) atoms. The number of ether oxygens (including phenoxy) is 1. The minimum Gasteiger partial charge on any atom is -0.483 e. The smallest absolute Gasteiger partial charge is 0.260 e. The number of aliphatic hydroxyl groups excluding tert-OH is 1. The minimum atomic E-state index is -2.00. The van der Waals surface area contributed by atoms with Crippen LogP contribution < -0.4 is 25.6 Å². The number of alkyl halides is 1. The molecular formula is C56H65FN14O7S2. The number of pyridine rings is 1. The summed E-state index contributed by atoms with van der Waals surface area (Å²) in [6.07, 6.45) is 3.49. The molecule has 21 nitrogen and oxygen atoms in total. The Morgan fingerprint density at radius 3 is 2.41 bits per heavy atom. The molecule has 3 saturated heterocycles. The number of halogens is 1. The fourth-order valence-corrected chi connectivity index (χ4v) is 12.2. The average molecular weight is 1130 g/mol. The number of likely N-dealkylation sites (tertiary alicyclic amines) is 2. The molecule has 1 aliphatic carbocycles. The van der Waals surface area contributed by atoms with E-state index in [9.17, 15) is 38.7 Å². The molecular weight excluding hydrogens is 1060 g/mol. The third-order valence-corrected chi connectivity index (χ3v) is 17.2. The largest absolute Gasteiger partial charge is 0.483 e. The Bertz CT molecular complexity index is 3370. The standard InChI is InChI=1S/C56H65FN14O7S2/c1-32(2)63-41-24-42(43-10-9-38-21-34(25-58)26-62-71(38)43)59-28-40(41)50-65-66-54(80-50)69-19-17-68(18-20-69)51(75)35-11-15-67(16-12-35)46(73)30-78-45-22-36(47-33(3)61-31-79-47)7-8-37(45)27-60-49(74)44-23-39(72)29-70(44)52(76)48(55(4,5)6)64-53(77)56(57)13-14-56/h7-10,21-22,24,26,28,31-32,35,39,44,48,72H,11-20,23,27,29-30H2,1-6H3,(H,59,63)(H,60,74)(H,64,77)/t39-,44+,48-/m1/s1. The van der Waals surface area contributed by atoms with Crippen LogP contribution in [0.3, 0.4) is 0 Å². The van der Waals surface area contributed by atoms with Crippen molar-refractivity contribution >= 4 is 68.5 Å². The van der Waals surface area contributed by atoms with Gasteiger partial charge in [0.25, 0.3) is 11.8 Å². The van der Waals surface area contributed by atoms with Gasteiger partial charge in [0.1, 0.15) is 23.9 Å². The normalized spacial score (nSPS) is 18.8. The number of piperidine rings is 1. The van der Waals surface area contributed by atoms with E-state index >= 15 is 0 Å². The SMILES string of the molecule is Cc1ncsc1-c1ccc(CNC(=O)[C@@H]2C[C@@H](O)CN2C(=O)[C@@H](NC(=O)C2(F)CC2)C(C)(C)C)c(OCC(=O)N2CCC(C(=O)N3CCN(c4nnc(-c5cnc(-c6ccc7cc(C#N)cnn67)cc5NC(C)C)s4)CC3)CC2)c1. The van der Waals surface area contributed by atoms with Gasteiger partial charge in [0.2, 0.25) is 22.9 Å². The van der Waals surface area contributed by atoms with Gasteiger partial charge in [0, 0.05) is 88.2 Å². The number of fused-ring (bicyclic) bond motifs is 1. The molecule has 10 rings (SSSR count). The number of carbonyl (C=O) groups is 5. The van der Waals surface area contributed by atoms with Crippen LogP contribution in [-0.2, 0) is 30.5 Å². The molecule has 0 radical (unpaired) electrons. The number of hydrogen-bond donors (Lipinski definition) is 4. The quantitative estimate of drug-likeness (QED) is 0.0918. The fraction of sp³-hybridized carbons (Fsp3) is 0.482. The molecule has 3 atom stereocenters. The minimum absolute atomic E-state index is 0.0303. The highest BCUT2D eigenvalue weighted by Crippen LogP contribution is 2.41. The van der Waals surface area contributed by atoms with Crippen molar-refractivity contribution in [3.8, 4) is 44.2 Å². The van der Waals surface area contributed by atoms with Crippen LogP contribution in [0.25, 0.3) is 37.9 Å². The molecule has 0 unspecified atom stereocenters. The Labute approximate surface area is 470 Å². The summed E-state index contributed by atoms with van der Waals surface area (Å²) >= 11 is 2.93. The van der Waals surface area contributed by atoms with E-state index in [1.165, 1.54) is 33.8 Å². The first kappa shape index (κ1) is 55.7. The third kappa shape index (κ3) is 11.9. The molecule has 4 N–H and O–H groups in total. The van der Waals surface area contributed by atoms with Crippen LogP contribution in [0.2, 0.25) is 0 Å². The van der Waals surface area contributed by atoms with Crippen molar-refractivity contribution in [1.82, 2.24) is 55.1 Å². The monoisotopic (exact) mass is 1130 g/mol. The number of nitrogens with zero attached hydrogens (tertiary/aromatic N) is 11. The summed E-state index contributed by atoms with van der Waals surface area (Å²) in [5.41, 5.74) is 5.55. The Morgan fingerprint density at radius 1 is 0.963 bits per heavy atom. The number of rotatable bonds is 16. The van der Waals surface area contributed by atoms with Gasteiger partial charge in [-0.2, -0.15) is 10.4 Å². The molecule has 4 aliphatic rings. The van der Waals surface area contributed by atoms with Gasteiger partial charge in [-0.25, -0.2) is 13.9 Å². The summed E-state index contributed by atoms with van der Waals surface area (Å²) < 4.78 is 22.8. The van der Waals surface area contributed by atoms with Gasteiger partial charge in [-0.05, 0) is 87.8 Å². The third-order valence-electron chi connectivity index (χ3n) is 15.2. The van der Waals surface area contributed by atoms with E-state index in [1.54, 1.807) is 54.0 Å². The van der Waals surface area contributed by atoms with Crippen molar-refractivity contribution in [2.45, 2.75) is 110 Å². The van der Waals surface area contributed by atoms with Gasteiger partial charge < -0.3 is 45.4 Å². The Morgan fingerprint density at radius 2 is 1.73 bits per heavy atom. The summed E-state index contributed by atoms with van der Waals surface area (Å²) in [5, 5.41) is 44.1. The molecule has 8 heterocycles. The first-order valence-electron chi connectivity index (χ1n) is 27.0. The van der Waals surface area contributed by atoms with Crippen LogP contribution in [0, 0.1) is 29.6 Å². The molecule has 420 valence electrons. The number of carbonyl (C=O) groups excluding carboxylic acids is 5. The molecule has 1 aromatic carbocycles. The lowest BCUT2D eigenvalue weighted by molar-refractivity contribution is -0.145. The molecule has 4 fully saturated rings. The lowest BCUT2D eigenvalue weighted by atomic mass is 9.85. The first-order valence-corrected chi connectivity index (χ1v) is 28.7. The first-order chi connectivity index (χ1) is 38.3. The second kappa shape index (κ2) is 22.9. The number of nitriles is 1. The highest BCUT2D eigenvalue weighted by molar-refractivity contribution is 7.18. The van der Waals surface area contributed by atoms with E-state index in [1.807, 2.05) is 42.2 Å². The highest BCUT2D eigenvalue weighted by atomic mass is 32.1. The topological polar surface area (TPSA) is 257 Å². The second-order valence-electron chi connectivity index (χ2n) is 22.4. The summed E-state index contributed by atoms with van der Waals surface area (Å²) in [6.45, 7) is 13.8. The van der Waals surface area contributed by atoms with Crippen LogP contribution in [0.1, 0.15) is 83.5 Å².